The van der Waals surface area contributed by atoms with Gasteiger partial charge in [0.1, 0.15) is 11.6 Å². The summed E-state index contributed by atoms with van der Waals surface area (Å²) in [5.74, 6) is 2.31. The second kappa shape index (κ2) is 6.07. The summed E-state index contributed by atoms with van der Waals surface area (Å²) >= 11 is 0. The summed E-state index contributed by atoms with van der Waals surface area (Å²) in [7, 11) is 0. The van der Waals surface area contributed by atoms with Crippen LogP contribution in [0.5, 0.6) is 0 Å². The van der Waals surface area contributed by atoms with Gasteiger partial charge in [0.15, 0.2) is 0 Å². The summed E-state index contributed by atoms with van der Waals surface area (Å²) in [6.45, 7) is 2.61. The largest absolute Gasteiger partial charge is 0.419 e. The van der Waals surface area contributed by atoms with Gasteiger partial charge in [-0.2, -0.15) is 13.2 Å². The quantitative estimate of drug-likeness (QED) is 0.826. The molecule has 2 fully saturated rings. The Morgan fingerprint density at radius 3 is 2.21 bits per heavy atom. The molecular formula is C15H18F3N5O. The van der Waals surface area contributed by atoms with E-state index < -0.39 is 11.7 Å². The Labute approximate surface area is 137 Å². The number of hydrogen-bond donors (Lipinski definition) is 1. The lowest BCUT2D eigenvalue weighted by Gasteiger charge is -2.38. The number of aromatic nitrogens is 2. The van der Waals surface area contributed by atoms with Gasteiger partial charge in [-0.25, -0.2) is 14.8 Å². The van der Waals surface area contributed by atoms with Gasteiger partial charge in [-0.1, -0.05) is 0 Å². The molecule has 0 aromatic carbocycles. The molecule has 1 aliphatic carbocycles. The third kappa shape index (κ3) is 3.09. The number of halogens is 3. The highest BCUT2D eigenvalue weighted by Crippen LogP contribution is 2.51. The Balaban J connectivity index is 1.64. The van der Waals surface area contributed by atoms with Gasteiger partial charge in [-0.3, -0.25) is 0 Å². The van der Waals surface area contributed by atoms with E-state index in [2.05, 4.69) is 9.97 Å². The van der Waals surface area contributed by atoms with Crippen LogP contribution >= 0.6 is 0 Å². The van der Waals surface area contributed by atoms with E-state index in [1.54, 1.807) is 4.90 Å². The zero-order valence-corrected chi connectivity index (χ0v) is 13.0. The van der Waals surface area contributed by atoms with Gasteiger partial charge in [0.05, 0.1) is 5.56 Å². The summed E-state index contributed by atoms with van der Waals surface area (Å²) < 4.78 is 37.6. The van der Waals surface area contributed by atoms with Crippen molar-refractivity contribution in [3.63, 3.8) is 0 Å². The summed E-state index contributed by atoms with van der Waals surface area (Å²) in [4.78, 5) is 22.7. The van der Waals surface area contributed by atoms with Crippen molar-refractivity contribution in [3.8, 4) is 0 Å². The molecule has 0 radical (unpaired) electrons. The average Bonchev–Trinajstić information content (AvgIpc) is 3.37. The van der Waals surface area contributed by atoms with Gasteiger partial charge in [-0.15, -0.1) is 0 Å². The number of hydrogen-bond acceptors (Lipinski definition) is 6. The SMILES string of the molecule is NCC1(C(=C=O)N2CCN(c3ncc(C(F)(F)F)cn3)CC2)CC1. The minimum Gasteiger partial charge on any atom is -0.362 e. The monoisotopic (exact) mass is 341 g/mol. The number of alkyl halides is 3. The van der Waals surface area contributed by atoms with Gasteiger partial charge in [0.2, 0.25) is 5.95 Å². The highest BCUT2D eigenvalue weighted by Gasteiger charge is 2.48. The lowest BCUT2D eigenvalue weighted by molar-refractivity contribution is -0.138. The predicted octanol–water partition coefficient (Wildman–Crippen LogP) is 1.07. The van der Waals surface area contributed by atoms with Crippen LogP contribution < -0.4 is 10.6 Å². The molecule has 1 aromatic rings. The molecule has 9 heteroatoms. The van der Waals surface area contributed by atoms with E-state index in [-0.39, 0.29) is 11.4 Å². The molecule has 130 valence electrons. The molecule has 1 saturated carbocycles. The summed E-state index contributed by atoms with van der Waals surface area (Å²) in [6.07, 6.45) is -1.06. The van der Waals surface area contributed by atoms with Crippen molar-refractivity contribution in [1.29, 1.82) is 0 Å². The van der Waals surface area contributed by atoms with E-state index in [1.165, 1.54) is 0 Å². The first-order valence-electron chi connectivity index (χ1n) is 7.74. The highest BCUT2D eigenvalue weighted by molar-refractivity contribution is 5.56. The van der Waals surface area contributed by atoms with Crippen LogP contribution in [0.2, 0.25) is 0 Å². The Kier molecular flexibility index (Phi) is 4.23. The third-order valence-corrected chi connectivity index (χ3v) is 4.69. The van der Waals surface area contributed by atoms with Crippen molar-refractivity contribution in [2.24, 2.45) is 11.1 Å². The fourth-order valence-electron chi connectivity index (χ4n) is 2.96. The number of carbonyl (C=O) groups excluding carboxylic acids is 1. The molecule has 1 saturated heterocycles. The van der Waals surface area contributed by atoms with Crippen molar-refractivity contribution in [3.05, 3.63) is 23.7 Å². The summed E-state index contributed by atoms with van der Waals surface area (Å²) in [5.41, 5.74) is 5.30. The molecule has 0 unspecified atom stereocenters. The molecule has 0 spiro atoms. The standard InChI is InChI=1S/C15H18F3N5O/c16-15(17,18)11-7-20-13(21-8-11)23-5-3-22(4-6-23)12(9-24)14(10-19)1-2-14/h7-8H,1-6,10,19H2. The van der Waals surface area contributed by atoms with Gasteiger partial charge in [-0.05, 0) is 12.8 Å². The van der Waals surface area contributed by atoms with E-state index in [9.17, 15) is 18.0 Å². The van der Waals surface area contributed by atoms with Crippen LogP contribution in [0.3, 0.4) is 0 Å². The fourth-order valence-corrected chi connectivity index (χ4v) is 2.96. The van der Waals surface area contributed by atoms with Crippen molar-refractivity contribution in [1.82, 2.24) is 14.9 Å². The lowest BCUT2D eigenvalue weighted by atomic mass is 10.0. The second-order valence-electron chi connectivity index (χ2n) is 6.18. The van der Waals surface area contributed by atoms with E-state index >= 15 is 0 Å². The summed E-state index contributed by atoms with van der Waals surface area (Å²) in [5, 5.41) is 0. The van der Waals surface area contributed by atoms with E-state index in [4.69, 9.17) is 5.73 Å². The molecule has 0 atom stereocenters. The number of nitrogens with zero attached hydrogens (tertiary/aromatic N) is 4. The van der Waals surface area contributed by atoms with Gasteiger partial charge in [0.25, 0.3) is 0 Å². The molecule has 0 amide bonds. The summed E-state index contributed by atoms with van der Waals surface area (Å²) in [6, 6.07) is 0. The van der Waals surface area contributed by atoms with Crippen LogP contribution in [-0.2, 0) is 11.0 Å². The Hall–Kier alpha value is -2.12. The Bertz CT molecular complexity index is 642. The molecule has 0 bridgehead atoms. The second-order valence-corrected chi connectivity index (χ2v) is 6.18. The third-order valence-electron chi connectivity index (χ3n) is 4.69. The van der Waals surface area contributed by atoms with Crippen LogP contribution in [-0.4, -0.2) is 53.5 Å². The minimum absolute atomic E-state index is 0.227. The molecule has 2 aliphatic rings. The van der Waals surface area contributed by atoms with Gasteiger partial charge in [0, 0.05) is 50.5 Å². The van der Waals surface area contributed by atoms with Crippen LogP contribution in [0.25, 0.3) is 0 Å². The topological polar surface area (TPSA) is 75.4 Å². The van der Waals surface area contributed by atoms with E-state index in [0.29, 0.717) is 38.4 Å². The maximum absolute atomic E-state index is 12.5. The Morgan fingerprint density at radius 1 is 1.21 bits per heavy atom. The van der Waals surface area contributed by atoms with Crippen molar-refractivity contribution in [2.45, 2.75) is 19.0 Å². The van der Waals surface area contributed by atoms with Crippen LogP contribution in [0.15, 0.2) is 18.1 Å². The number of piperazine rings is 1. The van der Waals surface area contributed by atoms with Crippen LogP contribution in [0.1, 0.15) is 18.4 Å². The maximum atomic E-state index is 12.5. The molecule has 1 aliphatic heterocycles. The van der Waals surface area contributed by atoms with Crippen molar-refractivity contribution >= 4 is 11.9 Å². The first kappa shape index (κ1) is 16.7. The molecule has 24 heavy (non-hydrogen) atoms. The average molecular weight is 341 g/mol. The predicted molar refractivity (Wildman–Crippen MR) is 80.7 cm³/mol. The van der Waals surface area contributed by atoms with Gasteiger partial charge < -0.3 is 15.5 Å². The molecule has 3 rings (SSSR count). The molecule has 1 aromatic heterocycles. The molecule has 2 heterocycles. The minimum atomic E-state index is -4.44. The maximum Gasteiger partial charge on any atom is 0.419 e. The molecule has 2 N–H and O–H groups in total. The first-order chi connectivity index (χ1) is 11.4. The normalized spacial score (nSPS) is 19.8. The zero-order chi connectivity index (χ0) is 17.4. The zero-order valence-electron chi connectivity index (χ0n) is 13.0. The van der Waals surface area contributed by atoms with Crippen molar-refractivity contribution in [2.75, 3.05) is 37.6 Å². The van der Waals surface area contributed by atoms with E-state index in [0.717, 1.165) is 25.2 Å². The lowest BCUT2D eigenvalue weighted by Crippen LogP contribution is -2.48. The number of nitrogens with two attached hydrogens (primary N) is 1. The first-order valence-corrected chi connectivity index (χ1v) is 7.74. The number of anilines is 1. The smallest absolute Gasteiger partial charge is 0.362 e. The van der Waals surface area contributed by atoms with Crippen molar-refractivity contribution < 1.29 is 18.0 Å². The van der Waals surface area contributed by atoms with Crippen LogP contribution in [0, 0.1) is 5.41 Å². The molecule has 6 nitrogen and oxygen atoms in total. The van der Waals surface area contributed by atoms with Crippen LogP contribution in [0.4, 0.5) is 19.1 Å². The Morgan fingerprint density at radius 2 is 1.79 bits per heavy atom. The number of rotatable bonds is 4. The fraction of sp³-hybridized carbons (Fsp3) is 0.600. The highest BCUT2D eigenvalue weighted by atomic mass is 19.4. The molecular weight excluding hydrogens is 323 g/mol. The van der Waals surface area contributed by atoms with Gasteiger partial charge >= 0.3 is 6.18 Å². The van der Waals surface area contributed by atoms with E-state index in [1.807, 2.05) is 10.8 Å².